The zero-order valence-electron chi connectivity index (χ0n) is 12.3. The van der Waals surface area contributed by atoms with E-state index < -0.39 is 16.0 Å². The van der Waals surface area contributed by atoms with E-state index in [0.717, 1.165) is 18.4 Å². The minimum Gasteiger partial charge on any atom is -0.481 e. The number of carboxylic acids is 1. The molecule has 0 atom stereocenters. The maximum Gasteiger partial charge on any atom is 0.303 e. The molecular formula is C15H23NO4S. The van der Waals surface area contributed by atoms with Gasteiger partial charge in [-0.1, -0.05) is 31.9 Å². The van der Waals surface area contributed by atoms with Gasteiger partial charge in [0.1, 0.15) is 0 Å². The summed E-state index contributed by atoms with van der Waals surface area (Å²) in [5, 5.41) is 8.50. The number of aliphatic carboxylic acids is 1. The molecular weight excluding hydrogens is 290 g/mol. The van der Waals surface area contributed by atoms with Crippen molar-refractivity contribution in [2.24, 2.45) is 0 Å². The lowest BCUT2D eigenvalue weighted by Crippen LogP contribution is -2.24. The summed E-state index contributed by atoms with van der Waals surface area (Å²) in [4.78, 5) is 10.6. The Kier molecular flexibility index (Phi) is 7.39. The smallest absolute Gasteiger partial charge is 0.303 e. The maximum absolute atomic E-state index is 12.0. The summed E-state index contributed by atoms with van der Waals surface area (Å²) in [5.41, 5.74) is 1.13. The van der Waals surface area contributed by atoms with E-state index >= 15 is 0 Å². The maximum atomic E-state index is 12.0. The molecule has 1 aromatic rings. The number of carboxylic acid groups (broad SMARTS) is 1. The van der Waals surface area contributed by atoms with Gasteiger partial charge in [0.15, 0.2) is 0 Å². The van der Waals surface area contributed by atoms with E-state index in [1.165, 1.54) is 0 Å². The van der Waals surface area contributed by atoms with Gasteiger partial charge < -0.3 is 5.11 Å². The molecule has 1 aromatic carbocycles. The minimum absolute atomic E-state index is 0.131. The van der Waals surface area contributed by atoms with Crippen LogP contribution < -0.4 is 4.72 Å². The Labute approximate surface area is 126 Å². The van der Waals surface area contributed by atoms with Crippen molar-refractivity contribution in [1.82, 2.24) is 4.72 Å². The fourth-order valence-corrected chi connectivity index (χ4v) is 3.07. The normalized spacial score (nSPS) is 11.5. The van der Waals surface area contributed by atoms with Crippen molar-refractivity contribution in [1.29, 1.82) is 0 Å². The molecule has 0 bridgehead atoms. The van der Waals surface area contributed by atoms with E-state index in [-0.39, 0.29) is 11.3 Å². The van der Waals surface area contributed by atoms with E-state index in [1.54, 1.807) is 12.1 Å². The molecule has 0 aliphatic rings. The standard InChI is InChI=1S/C15H23NO4S/c1-2-6-13-8-10-14(11-9-13)21(19,20)16-12-5-3-4-7-15(17)18/h8-11,16H,2-7,12H2,1H3,(H,17,18). The van der Waals surface area contributed by atoms with E-state index in [0.29, 0.717) is 25.8 Å². The van der Waals surface area contributed by atoms with E-state index in [1.807, 2.05) is 12.1 Å². The summed E-state index contributed by atoms with van der Waals surface area (Å²) in [5.74, 6) is -0.817. The largest absolute Gasteiger partial charge is 0.481 e. The Morgan fingerprint density at radius 1 is 1.14 bits per heavy atom. The lowest BCUT2D eigenvalue weighted by atomic mass is 10.1. The molecule has 1 rings (SSSR count). The molecule has 0 aliphatic heterocycles. The van der Waals surface area contributed by atoms with Crippen molar-refractivity contribution in [3.05, 3.63) is 29.8 Å². The molecule has 0 saturated carbocycles. The number of carbonyl (C=O) groups is 1. The monoisotopic (exact) mass is 313 g/mol. The van der Waals surface area contributed by atoms with Crippen LogP contribution in [0.3, 0.4) is 0 Å². The molecule has 0 heterocycles. The van der Waals surface area contributed by atoms with Gasteiger partial charge >= 0.3 is 5.97 Å². The molecule has 118 valence electrons. The highest BCUT2D eigenvalue weighted by Gasteiger charge is 2.12. The zero-order chi connectivity index (χ0) is 15.7. The Bertz CT molecular complexity index is 537. The SMILES string of the molecule is CCCc1ccc(S(=O)(=O)NCCCCCC(=O)O)cc1. The zero-order valence-corrected chi connectivity index (χ0v) is 13.2. The predicted octanol–water partition coefficient (Wildman–Crippen LogP) is 2.56. The Hall–Kier alpha value is -1.40. The minimum atomic E-state index is -3.46. The first-order chi connectivity index (χ1) is 9.95. The number of aryl methyl sites for hydroxylation is 1. The lowest BCUT2D eigenvalue weighted by Gasteiger charge is -2.07. The van der Waals surface area contributed by atoms with Gasteiger partial charge in [0.25, 0.3) is 0 Å². The third kappa shape index (κ3) is 6.73. The van der Waals surface area contributed by atoms with Crippen LogP contribution in [0.15, 0.2) is 29.2 Å². The van der Waals surface area contributed by atoms with Crippen LogP contribution in [0, 0.1) is 0 Å². The summed E-state index contributed by atoms with van der Waals surface area (Å²) in [6.07, 6.45) is 4.01. The molecule has 5 nitrogen and oxygen atoms in total. The van der Waals surface area contributed by atoms with Gasteiger partial charge in [-0.05, 0) is 37.0 Å². The van der Waals surface area contributed by atoms with Crippen LogP contribution in [-0.4, -0.2) is 26.0 Å². The highest BCUT2D eigenvalue weighted by atomic mass is 32.2. The number of sulfonamides is 1. The highest BCUT2D eigenvalue weighted by Crippen LogP contribution is 2.12. The van der Waals surface area contributed by atoms with Crippen LogP contribution in [0.2, 0.25) is 0 Å². The van der Waals surface area contributed by atoms with Gasteiger partial charge in [-0.3, -0.25) is 4.79 Å². The van der Waals surface area contributed by atoms with Crippen LogP contribution in [-0.2, 0) is 21.2 Å². The second-order valence-corrected chi connectivity index (χ2v) is 6.76. The van der Waals surface area contributed by atoms with Crippen molar-refractivity contribution in [3.63, 3.8) is 0 Å². The fraction of sp³-hybridized carbons (Fsp3) is 0.533. The van der Waals surface area contributed by atoms with Gasteiger partial charge in [0.05, 0.1) is 4.90 Å². The number of unbranched alkanes of at least 4 members (excludes halogenated alkanes) is 2. The molecule has 21 heavy (non-hydrogen) atoms. The third-order valence-corrected chi connectivity index (χ3v) is 4.61. The average molecular weight is 313 g/mol. The Morgan fingerprint density at radius 3 is 2.38 bits per heavy atom. The molecule has 0 saturated heterocycles. The van der Waals surface area contributed by atoms with Gasteiger partial charge in [0, 0.05) is 13.0 Å². The van der Waals surface area contributed by atoms with Crippen LogP contribution in [0.25, 0.3) is 0 Å². The molecule has 0 aliphatic carbocycles. The predicted molar refractivity (Wildman–Crippen MR) is 81.7 cm³/mol. The number of hydrogen-bond donors (Lipinski definition) is 2. The van der Waals surface area contributed by atoms with Crippen LogP contribution in [0.4, 0.5) is 0 Å². The molecule has 0 amide bonds. The molecule has 0 spiro atoms. The fourth-order valence-electron chi connectivity index (χ4n) is 1.99. The first-order valence-electron chi connectivity index (χ1n) is 7.26. The molecule has 0 fully saturated rings. The van der Waals surface area contributed by atoms with Crippen LogP contribution >= 0.6 is 0 Å². The summed E-state index contributed by atoms with van der Waals surface area (Å²) >= 11 is 0. The van der Waals surface area contributed by atoms with Crippen molar-refractivity contribution in [3.8, 4) is 0 Å². The van der Waals surface area contributed by atoms with Crippen LogP contribution in [0.1, 0.15) is 44.6 Å². The second kappa shape index (κ2) is 8.79. The average Bonchev–Trinajstić information content (AvgIpc) is 2.43. The molecule has 6 heteroatoms. The van der Waals surface area contributed by atoms with Gasteiger partial charge in [-0.2, -0.15) is 0 Å². The van der Waals surface area contributed by atoms with Gasteiger partial charge in [0.2, 0.25) is 10.0 Å². The van der Waals surface area contributed by atoms with Crippen LogP contribution in [0.5, 0.6) is 0 Å². The second-order valence-electron chi connectivity index (χ2n) is 5.00. The summed E-state index contributed by atoms with van der Waals surface area (Å²) in [6.45, 7) is 2.41. The van der Waals surface area contributed by atoms with Crippen molar-refractivity contribution < 1.29 is 18.3 Å². The highest BCUT2D eigenvalue weighted by molar-refractivity contribution is 7.89. The Balaban J connectivity index is 2.40. The van der Waals surface area contributed by atoms with Gasteiger partial charge in [-0.15, -0.1) is 0 Å². The quantitative estimate of drug-likeness (QED) is 0.650. The summed E-state index contributed by atoms with van der Waals surface area (Å²) < 4.78 is 26.6. The summed E-state index contributed by atoms with van der Waals surface area (Å²) in [7, 11) is -3.46. The number of hydrogen-bond acceptors (Lipinski definition) is 3. The number of benzene rings is 1. The Morgan fingerprint density at radius 2 is 1.81 bits per heavy atom. The van der Waals surface area contributed by atoms with E-state index in [4.69, 9.17) is 5.11 Å². The lowest BCUT2D eigenvalue weighted by molar-refractivity contribution is -0.137. The topological polar surface area (TPSA) is 83.5 Å². The van der Waals surface area contributed by atoms with E-state index in [9.17, 15) is 13.2 Å². The first-order valence-corrected chi connectivity index (χ1v) is 8.74. The summed E-state index contributed by atoms with van der Waals surface area (Å²) in [6, 6.07) is 6.92. The van der Waals surface area contributed by atoms with Crippen molar-refractivity contribution in [2.45, 2.75) is 50.3 Å². The number of rotatable bonds is 10. The molecule has 0 aromatic heterocycles. The molecule has 0 unspecified atom stereocenters. The third-order valence-electron chi connectivity index (χ3n) is 3.13. The van der Waals surface area contributed by atoms with Crippen molar-refractivity contribution >= 4 is 16.0 Å². The number of nitrogens with one attached hydrogen (secondary N) is 1. The first kappa shape index (κ1) is 17.7. The molecule has 2 N–H and O–H groups in total. The van der Waals surface area contributed by atoms with E-state index in [2.05, 4.69) is 11.6 Å². The van der Waals surface area contributed by atoms with Crippen molar-refractivity contribution in [2.75, 3.05) is 6.54 Å². The van der Waals surface area contributed by atoms with Gasteiger partial charge in [-0.25, -0.2) is 13.1 Å². The molecule has 0 radical (unpaired) electrons.